The number of carboxylic acids is 1. The number of carboxylic acid groups (broad SMARTS) is 1. The number of nitrogens with one attached hydrogen (secondary N) is 1. The summed E-state index contributed by atoms with van der Waals surface area (Å²) in [6.07, 6.45) is 1.38. The molecular formula is C13H18N2O2. The van der Waals surface area contributed by atoms with Crippen LogP contribution < -0.4 is 11.1 Å². The molecule has 0 amide bonds. The number of hydrogen-bond acceptors (Lipinski definition) is 3. The van der Waals surface area contributed by atoms with Crippen LogP contribution in [0.4, 0.5) is 0 Å². The summed E-state index contributed by atoms with van der Waals surface area (Å²) in [7, 11) is 0. The summed E-state index contributed by atoms with van der Waals surface area (Å²) in [5.41, 5.74) is 7.79. The van der Waals surface area contributed by atoms with E-state index in [0.717, 1.165) is 17.7 Å². The van der Waals surface area contributed by atoms with Gasteiger partial charge in [0.05, 0.1) is 5.92 Å². The largest absolute Gasteiger partial charge is 0.481 e. The van der Waals surface area contributed by atoms with Crippen LogP contribution in [0.5, 0.6) is 0 Å². The Hall–Kier alpha value is -1.39. The fourth-order valence-corrected chi connectivity index (χ4v) is 2.28. The monoisotopic (exact) mass is 234 g/mol. The SMILES string of the molecule is NCc1ccc(C2CC(C(=O)O)CCN2)cc1. The van der Waals surface area contributed by atoms with Crippen LogP contribution in [0, 0.1) is 5.92 Å². The summed E-state index contributed by atoms with van der Waals surface area (Å²) in [5.74, 6) is -0.912. The van der Waals surface area contributed by atoms with E-state index in [4.69, 9.17) is 10.8 Å². The summed E-state index contributed by atoms with van der Waals surface area (Å²) in [6, 6.07) is 8.22. The molecule has 92 valence electrons. The molecule has 4 nitrogen and oxygen atoms in total. The number of aliphatic carboxylic acids is 1. The molecule has 2 unspecified atom stereocenters. The second-order valence-corrected chi connectivity index (χ2v) is 4.51. The summed E-state index contributed by atoms with van der Waals surface area (Å²) in [5, 5.41) is 12.4. The molecule has 2 rings (SSSR count). The van der Waals surface area contributed by atoms with Gasteiger partial charge in [-0.1, -0.05) is 24.3 Å². The third-order valence-corrected chi connectivity index (χ3v) is 3.37. The van der Waals surface area contributed by atoms with Gasteiger partial charge < -0.3 is 16.2 Å². The van der Waals surface area contributed by atoms with Gasteiger partial charge in [-0.05, 0) is 30.5 Å². The first kappa shape index (κ1) is 12.1. The second kappa shape index (κ2) is 5.29. The van der Waals surface area contributed by atoms with Crippen molar-refractivity contribution in [1.29, 1.82) is 0 Å². The zero-order valence-corrected chi connectivity index (χ0v) is 9.73. The molecule has 0 bridgehead atoms. The maximum Gasteiger partial charge on any atom is 0.306 e. The molecule has 0 aliphatic carbocycles. The molecule has 1 aliphatic heterocycles. The summed E-state index contributed by atoms with van der Waals surface area (Å²) in [4.78, 5) is 11.0. The molecule has 1 saturated heterocycles. The predicted molar refractivity (Wildman–Crippen MR) is 65.4 cm³/mol. The van der Waals surface area contributed by atoms with Gasteiger partial charge in [-0.3, -0.25) is 4.79 Å². The zero-order chi connectivity index (χ0) is 12.3. The third-order valence-electron chi connectivity index (χ3n) is 3.37. The molecule has 1 aliphatic rings. The van der Waals surface area contributed by atoms with Crippen LogP contribution in [0.15, 0.2) is 24.3 Å². The minimum Gasteiger partial charge on any atom is -0.481 e. The molecule has 1 aromatic rings. The lowest BCUT2D eigenvalue weighted by atomic mass is 9.88. The lowest BCUT2D eigenvalue weighted by Gasteiger charge is -2.28. The highest BCUT2D eigenvalue weighted by Gasteiger charge is 2.27. The molecule has 0 radical (unpaired) electrons. The van der Waals surface area contributed by atoms with E-state index in [1.54, 1.807) is 0 Å². The number of nitrogens with two attached hydrogens (primary N) is 1. The number of hydrogen-bond donors (Lipinski definition) is 3. The average Bonchev–Trinajstić information content (AvgIpc) is 2.39. The second-order valence-electron chi connectivity index (χ2n) is 4.51. The van der Waals surface area contributed by atoms with E-state index in [1.807, 2.05) is 24.3 Å². The Bertz CT molecular complexity index is 389. The fraction of sp³-hybridized carbons (Fsp3) is 0.462. The molecule has 1 fully saturated rings. The molecule has 1 aromatic carbocycles. The van der Waals surface area contributed by atoms with Gasteiger partial charge in [0.2, 0.25) is 0 Å². The first-order valence-corrected chi connectivity index (χ1v) is 5.96. The number of benzene rings is 1. The van der Waals surface area contributed by atoms with Crippen LogP contribution >= 0.6 is 0 Å². The molecule has 1 heterocycles. The number of piperidine rings is 1. The molecule has 4 heteroatoms. The molecule has 0 aromatic heterocycles. The van der Waals surface area contributed by atoms with Crippen LogP contribution in [0.2, 0.25) is 0 Å². The number of rotatable bonds is 3. The molecular weight excluding hydrogens is 216 g/mol. The Morgan fingerprint density at radius 1 is 1.41 bits per heavy atom. The van der Waals surface area contributed by atoms with Crippen molar-refractivity contribution in [2.24, 2.45) is 11.7 Å². The van der Waals surface area contributed by atoms with Crippen LogP contribution in [-0.4, -0.2) is 17.6 Å². The normalized spacial score (nSPS) is 24.5. The standard InChI is InChI=1S/C13H18N2O2/c14-8-9-1-3-10(4-2-9)12-7-11(13(16)17)5-6-15-12/h1-4,11-12,15H,5-8,14H2,(H,16,17). The Kier molecular flexibility index (Phi) is 3.76. The smallest absolute Gasteiger partial charge is 0.306 e. The molecule has 0 saturated carbocycles. The van der Waals surface area contributed by atoms with Gasteiger partial charge in [0.25, 0.3) is 0 Å². The van der Waals surface area contributed by atoms with Crippen molar-refractivity contribution in [1.82, 2.24) is 5.32 Å². The van der Waals surface area contributed by atoms with Gasteiger partial charge in [0, 0.05) is 12.6 Å². The van der Waals surface area contributed by atoms with Gasteiger partial charge in [-0.2, -0.15) is 0 Å². The Morgan fingerprint density at radius 2 is 2.12 bits per heavy atom. The van der Waals surface area contributed by atoms with Crippen LogP contribution in [0.3, 0.4) is 0 Å². The van der Waals surface area contributed by atoms with E-state index in [-0.39, 0.29) is 12.0 Å². The third kappa shape index (κ3) is 2.84. The average molecular weight is 234 g/mol. The van der Waals surface area contributed by atoms with Gasteiger partial charge in [0.1, 0.15) is 0 Å². The van der Waals surface area contributed by atoms with E-state index in [0.29, 0.717) is 19.4 Å². The van der Waals surface area contributed by atoms with Crippen LogP contribution in [-0.2, 0) is 11.3 Å². The van der Waals surface area contributed by atoms with Crippen molar-refractivity contribution < 1.29 is 9.90 Å². The van der Waals surface area contributed by atoms with E-state index in [2.05, 4.69) is 5.32 Å². The highest BCUT2D eigenvalue weighted by atomic mass is 16.4. The summed E-state index contributed by atoms with van der Waals surface area (Å²) >= 11 is 0. The van der Waals surface area contributed by atoms with Gasteiger partial charge in [-0.25, -0.2) is 0 Å². The lowest BCUT2D eigenvalue weighted by Crippen LogP contribution is -2.34. The Balaban J connectivity index is 2.08. The van der Waals surface area contributed by atoms with Crippen molar-refractivity contribution in [2.45, 2.75) is 25.4 Å². The van der Waals surface area contributed by atoms with Crippen molar-refractivity contribution in [3.8, 4) is 0 Å². The van der Waals surface area contributed by atoms with Crippen molar-refractivity contribution >= 4 is 5.97 Å². The minimum absolute atomic E-state index is 0.150. The maximum absolute atomic E-state index is 11.0. The van der Waals surface area contributed by atoms with E-state index >= 15 is 0 Å². The summed E-state index contributed by atoms with van der Waals surface area (Å²) in [6.45, 7) is 1.30. The first-order valence-electron chi connectivity index (χ1n) is 5.96. The highest BCUT2D eigenvalue weighted by molar-refractivity contribution is 5.70. The lowest BCUT2D eigenvalue weighted by molar-refractivity contribution is -0.143. The molecule has 4 N–H and O–H groups in total. The van der Waals surface area contributed by atoms with Gasteiger partial charge >= 0.3 is 5.97 Å². The topological polar surface area (TPSA) is 75.4 Å². The summed E-state index contributed by atoms with van der Waals surface area (Å²) < 4.78 is 0. The zero-order valence-electron chi connectivity index (χ0n) is 9.73. The Morgan fingerprint density at radius 3 is 2.71 bits per heavy atom. The van der Waals surface area contributed by atoms with E-state index < -0.39 is 5.97 Å². The highest BCUT2D eigenvalue weighted by Crippen LogP contribution is 2.27. The predicted octanol–water partition coefficient (Wildman–Crippen LogP) is 1.27. The van der Waals surface area contributed by atoms with Crippen LogP contribution in [0.25, 0.3) is 0 Å². The molecule has 2 atom stereocenters. The quantitative estimate of drug-likeness (QED) is 0.736. The van der Waals surface area contributed by atoms with Crippen LogP contribution in [0.1, 0.15) is 30.0 Å². The first-order chi connectivity index (χ1) is 8.20. The van der Waals surface area contributed by atoms with Crippen molar-refractivity contribution in [3.63, 3.8) is 0 Å². The Labute approximate surface area is 101 Å². The van der Waals surface area contributed by atoms with Crippen molar-refractivity contribution in [3.05, 3.63) is 35.4 Å². The van der Waals surface area contributed by atoms with E-state index in [1.165, 1.54) is 0 Å². The fourth-order valence-electron chi connectivity index (χ4n) is 2.28. The van der Waals surface area contributed by atoms with Crippen molar-refractivity contribution in [2.75, 3.05) is 6.54 Å². The number of carbonyl (C=O) groups is 1. The maximum atomic E-state index is 11.0. The van der Waals surface area contributed by atoms with Gasteiger partial charge in [0.15, 0.2) is 0 Å². The van der Waals surface area contributed by atoms with Gasteiger partial charge in [-0.15, -0.1) is 0 Å². The minimum atomic E-state index is -0.685. The molecule has 17 heavy (non-hydrogen) atoms. The molecule has 0 spiro atoms. The van der Waals surface area contributed by atoms with E-state index in [9.17, 15) is 4.79 Å².